The molecule has 1 aromatic heterocycles. The molecule has 0 saturated carbocycles. The first-order valence-electron chi connectivity index (χ1n) is 10.1. The van der Waals surface area contributed by atoms with E-state index in [1.807, 2.05) is 6.92 Å². The minimum absolute atomic E-state index is 0.203. The molecule has 8 heteroatoms. The Morgan fingerprint density at radius 2 is 1.81 bits per heavy atom. The molecule has 0 saturated heterocycles. The van der Waals surface area contributed by atoms with Gasteiger partial charge in [0.2, 0.25) is 5.91 Å². The van der Waals surface area contributed by atoms with Crippen LogP contribution in [0.3, 0.4) is 0 Å². The van der Waals surface area contributed by atoms with Gasteiger partial charge in [-0.15, -0.1) is 11.3 Å². The monoisotopic (exact) mass is 445 g/mol. The van der Waals surface area contributed by atoms with Crippen molar-refractivity contribution >= 4 is 34.2 Å². The Morgan fingerprint density at radius 1 is 1.16 bits per heavy atom. The van der Waals surface area contributed by atoms with Crippen LogP contribution in [0.25, 0.3) is 11.1 Å². The van der Waals surface area contributed by atoms with Crippen LogP contribution >= 0.6 is 11.3 Å². The van der Waals surface area contributed by atoms with Gasteiger partial charge in [0.15, 0.2) is 0 Å². The second kappa shape index (κ2) is 9.87. The van der Waals surface area contributed by atoms with E-state index in [0.717, 1.165) is 4.88 Å². The number of hydrogen-bond donors (Lipinski definition) is 2. The van der Waals surface area contributed by atoms with Gasteiger partial charge >= 0.3 is 11.9 Å². The predicted octanol–water partition coefficient (Wildman–Crippen LogP) is 5.03. The van der Waals surface area contributed by atoms with E-state index in [4.69, 9.17) is 4.74 Å². The normalized spacial score (nSPS) is 17.9. The first kappa shape index (κ1) is 22.7. The molecule has 0 unspecified atom stereocenters. The minimum atomic E-state index is -1.03. The van der Waals surface area contributed by atoms with Crippen LogP contribution in [0, 0.1) is 24.6 Å². The van der Waals surface area contributed by atoms with Crippen LogP contribution in [0.1, 0.15) is 41.4 Å². The van der Waals surface area contributed by atoms with Crippen LogP contribution in [0.4, 0.5) is 9.39 Å². The van der Waals surface area contributed by atoms with Crippen LogP contribution in [0.15, 0.2) is 36.4 Å². The summed E-state index contributed by atoms with van der Waals surface area (Å²) in [6.45, 7) is 3.90. The maximum absolute atomic E-state index is 13.4. The van der Waals surface area contributed by atoms with Gasteiger partial charge in [-0.25, -0.2) is 9.18 Å². The van der Waals surface area contributed by atoms with Crippen molar-refractivity contribution < 1.29 is 28.6 Å². The molecule has 0 spiro atoms. The summed E-state index contributed by atoms with van der Waals surface area (Å²) in [6.07, 6.45) is 4.79. The maximum Gasteiger partial charge on any atom is 0.341 e. The fourth-order valence-electron chi connectivity index (χ4n) is 3.64. The number of esters is 1. The number of hydrogen-bond acceptors (Lipinski definition) is 5. The number of ether oxygens (including phenoxy) is 1. The Labute approximate surface area is 183 Å². The van der Waals surface area contributed by atoms with Gasteiger partial charge in [-0.2, -0.15) is 0 Å². The summed E-state index contributed by atoms with van der Waals surface area (Å²) in [4.78, 5) is 38.2. The number of halogens is 1. The van der Waals surface area contributed by atoms with Crippen molar-refractivity contribution in [1.29, 1.82) is 0 Å². The molecule has 1 aliphatic rings. The van der Waals surface area contributed by atoms with E-state index < -0.39 is 35.5 Å². The highest BCUT2D eigenvalue weighted by Gasteiger charge is 2.35. The molecule has 1 amide bonds. The zero-order valence-electron chi connectivity index (χ0n) is 17.3. The second-order valence-electron chi connectivity index (χ2n) is 7.36. The predicted molar refractivity (Wildman–Crippen MR) is 117 cm³/mol. The SMILES string of the molecule is CCCOC(=O)c1c(NC(=O)[C@H]2CC=CC[C@@H]2C(=O)O)sc(C)c1-c1ccc(F)cc1. The number of anilines is 1. The fraction of sp³-hybridized carbons (Fsp3) is 0.348. The number of thiophene rings is 1. The van der Waals surface area contributed by atoms with E-state index in [1.54, 1.807) is 31.2 Å². The molecule has 0 aliphatic heterocycles. The lowest BCUT2D eigenvalue weighted by atomic mass is 9.82. The number of allylic oxidation sites excluding steroid dienone is 2. The van der Waals surface area contributed by atoms with Crippen LogP contribution < -0.4 is 5.32 Å². The summed E-state index contributed by atoms with van der Waals surface area (Å²) in [5, 5.41) is 12.5. The Bertz CT molecular complexity index is 1010. The highest BCUT2D eigenvalue weighted by Crippen LogP contribution is 2.41. The standard InChI is InChI=1S/C23H24FNO5S/c1-3-12-30-23(29)19-18(14-8-10-15(24)11-9-14)13(2)31-21(19)25-20(26)16-6-4-5-7-17(16)22(27)28/h4-5,8-11,16-17H,3,6-7,12H2,1-2H3,(H,25,26)(H,27,28)/t16-,17-/m0/s1. The number of carbonyl (C=O) groups is 3. The maximum atomic E-state index is 13.4. The van der Waals surface area contributed by atoms with E-state index in [1.165, 1.54) is 23.5 Å². The zero-order valence-corrected chi connectivity index (χ0v) is 18.1. The first-order valence-corrected chi connectivity index (χ1v) is 10.9. The molecule has 3 rings (SSSR count). The summed E-state index contributed by atoms with van der Waals surface area (Å²) in [5.41, 5.74) is 1.40. The number of carboxylic acid groups (broad SMARTS) is 1. The molecule has 164 valence electrons. The summed E-state index contributed by atoms with van der Waals surface area (Å²) in [5.74, 6) is -4.02. The molecule has 0 fully saturated rings. The number of amides is 1. The quantitative estimate of drug-likeness (QED) is 0.460. The lowest BCUT2D eigenvalue weighted by Gasteiger charge is -2.24. The number of aliphatic carboxylic acids is 1. The number of benzene rings is 1. The summed E-state index contributed by atoms with van der Waals surface area (Å²) >= 11 is 1.21. The fourth-order valence-corrected chi connectivity index (χ4v) is 4.71. The Balaban J connectivity index is 1.99. The van der Waals surface area contributed by atoms with Gasteiger partial charge in [-0.3, -0.25) is 9.59 Å². The van der Waals surface area contributed by atoms with Crippen LogP contribution in [-0.2, 0) is 14.3 Å². The molecule has 1 aliphatic carbocycles. The van der Waals surface area contributed by atoms with Crippen LogP contribution in [0.2, 0.25) is 0 Å². The van der Waals surface area contributed by atoms with Crippen molar-refractivity contribution in [2.24, 2.45) is 11.8 Å². The minimum Gasteiger partial charge on any atom is -0.481 e. The number of carbonyl (C=O) groups excluding carboxylic acids is 2. The van der Waals surface area contributed by atoms with Gasteiger partial charge in [0.25, 0.3) is 0 Å². The molecule has 6 nitrogen and oxygen atoms in total. The van der Waals surface area contributed by atoms with Crippen LogP contribution in [-0.4, -0.2) is 29.6 Å². The average molecular weight is 446 g/mol. The molecular formula is C23H24FNO5S. The Morgan fingerprint density at radius 3 is 2.42 bits per heavy atom. The van der Waals surface area contributed by atoms with Gasteiger partial charge in [-0.1, -0.05) is 31.2 Å². The zero-order chi connectivity index (χ0) is 22.5. The van der Waals surface area contributed by atoms with Crippen molar-refractivity contribution in [3.63, 3.8) is 0 Å². The third-order valence-corrected chi connectivity index (χ3v) is 6.20. The third-order valence-electron chi connectivity index (χ3n) is 5.18. The highest BCUT2D eigenvalue weighted by molar-refractivity contribution is 7.17. The Hall–Kier alpha value is -3.00. The van der Waals surface area contributed by atoms with E-state index >= 15 is 0 Å². The molecule has 2 aromatic rings. The highest BCUT2D eigenvalue weighted by atomic mass is 32.1. The summed E-state index contributed by atoms with van der Waals surface area (Å²) in [6, 6.07) is 5.74. The van der Waals surface area contributed by atoms with Crippen LogP contribution in [0.5, 0.6) is 0 Å². The van der Waals surface area contributed by atoms with Crippen molar-refractivity contribution in [2.45, 2.75) is 33.1 Å². The van der Waals surface area contributed by atoms with Gasteiger partial charge in [0.1, 0.15) is 16.4 Å². The summed E-state index contributed by atoms with van der Waals surface area (Å²) in [7, 11) is 0. The molecule has 0 radical (unpaired) electrons. The lowest BCUT2D eigenvalue weighted by molar-refractivity contribution is -0.146. The van der Waals surface area contributed by atoms with Crippen molar-refractivity contribution in [3.8, 4) is 11.1 Å². The van der Waals surface area contributed by atoms with Gasteiger partial charge in [-0.05, 0) is 43.9 Å². The first-order chi connectivity index (χ1) is 14.8. The van der Waals surface area contributed by atoms with Gasteiger partial charge < -0.3 is 15.2 Å². The lowest BCUT2D eigenvalue weighted by Crippen LogP contribution is -2.34. The molecule has 2 N–H and O–H groups in total. The van der Waals surface area contributed by atoms with E-state index in [2.05, 4.69) is 5.32 Å². The van der Waals surface area contributed by atoms with Gasteiger partial charge in [0, 0.05) is 10.4 Å². The number of rotatable bonds is 7. The number of nitrogens with one attached hydrogen (secondary N) is 1. The average Bonchev–Trinajstić information content (AvgIpc) is 3.08. The molecule has 0 bridgehead atoms. The third kappa shape index (κ3) is 5.02. The Kier molecular flexibility index (Phi) is 7.22. The van der Waals surface area contributed by atoms with Crippen molar-refractivity contribution in [1.82, 2.24) is 0 Å². The molecule has 2 atom stereocenters. The number of aryl methyl sites for hydroxylation is 1. The van der Waals surface area contributed by atoms with E-state index in [9.17, 15) is 23.9 Å². The van der Waals surface area contributed by atoms with E-state index in [-0.39, 0.29) is 18.6 Å². The smallest absolute Gasteiger partial charge is 0.341 e. The van der Waals surface area contributed by atoms with Gasteiger partial charge in [0.05, 0.1) is 18.4 Å². The van der Waals surface area contributed by atoms with Crippen molar-refractivity contribution in [3.05, 3.63) is 52.7 Å². The number of carboxylic acids is 1. The largest absolute Gasteiger partial charge is 0.481 e. The molecule has 31 heavy (non-hydrogen) atoms. The van der Waals surface area contributed by atoms with E-state index in [0.29, 0.717) is 29.0 Å². The molecule has 1 aromatic carbocycles. The molecular weight excluding hydrogens is 421 g/mol. The second-order valence-corrected chi connectivity index (χ2v) is 8.59. The summed E-state index contributed by atoms with van der Waals surface area (Å²) < 4.78 is 18.8. The topological polar surface area (TPSA) is 92.7 Å². The molecule has 1 heterocycles. The van der Waals surface area contributed by atoms with Crippen molar-refractivity contribution in [2.75, 3.05) is 11.9 Å².